The van der Waals surface area contributed by atoms with Crippen LogP contribution >= 0.6 is 11.3 Å². The van der Waals surface area contributed by atoms with Crippen LogP contribution in [0.3, 0.4) is 0 Å². The van der Waals surface area contributed by atoms with E-state index in [4.69, 9.17) is 5.11 Å². The van der Waals surface area contributed by atoms with Gasteiger partial charge in [0.05, 0.1) is 11.4 Å². The summed E-state index contributed by atoms with van der Waals surface area (Å²) in [5.41, 5.74) is -0.00399. The molecule has 2 aromatic rings. The molecular weight excluding hydrogens is 315 g/mol. The maximum atomic E-state index is 13.2. The number of halogens is 1. The summed E-state index contributed by atoms with van der Waals surface area (Å²) in [4.78, 5) is 3.83. The van der Waals surface area contributed by atoms with Gasteiger partial charge in [-0.1, -0.05) is 11.8 Å². The van der Waals surface area contributed by atoms with Gasteiger partial charge in [-0.25, -0.2) is 22.5 Å². The Bertz CT molecular complexity index is 777. The van der Waals surface area contributed by atoms with Crippen LogP contribution in [-0.4, -0.2) is 25.1 Å². The molecule has 0 fully saturated rings. The summed E-state index contributed by atoms with van der Waals surface area (Å²) >= 11 is 1.32. The maximum absolute atomic E-state index is 13.2. The molecule has 110 valence electrons. The molecule has 0 unspecified atom stereocenters. The van der Waals surface area contributed by atoms with E-state index >= 15 is 0 Å². The van der Waals surface area contributed by atoms with Crippen LogP contribution in [0.1, 0.15) is 10.6 Å². The van der Waals surface area contributed by atoms with Gasteiger partial charge in [0.1, 0.15) is 17.4 Å². The van der Waals surface area contributed by atoms with Crippen molar-refractivity contribution in [2.75, 3.05) is 6.61 Å². The fourth-order valence-corrected chi connectivity index (χ4v) is 3.32. The smallest absolute Gasteiger partial charge is 0.242 e. The highest BCUT2D eigenvalue weighted by Crippen LogP contribution is 2.17. The zero-order valence-corrected chi connectivity index (χ0v) is 12.3. The minimum atomic E-state index is -3.85. The molecule has 1 aromatic carbocycles. The van der Waals surface area contributed by atoms with Gasteiger partial charge in [-0.2, -0.15) is 0 Å². The lowest BCUT2D eigenvalue weighted by atomic mass is 10.2. The molecule has 1 aromatic heterocycles. The first-order valence-corrected chi connectivity index (χ1v) is 8.16. The molecule has 2 N–H and O–H groups in total. The number of nitrogens with zero attached hydrogens (tertiary/aromatic N) is 1. The molecular formula is C13H11FN2O3S2. The van der Waals surface area contributed by atoms with E-state index in [0.717, 1.165) is 18.2 Å². The van der Waals surface area contributed by atoms with Crippen molar-refractivity contribution in [3.63, 3.8) is 0 Å². The van der Waals surface area contributed by atoms with Crippen LogP contribution in [0.4, 0.5) is 4.39 Å². The van der Waals surface area contributed by atoms with Crippen molar-refractivity contribution in [1.82, 2.24) is 9.71 Å². The summed E-state index contributed by atoms with van der Waals surface area (Å²) in [7, 11) is -3.85. The predicted octanol–water partition coefficient (Wildman–Crippen LogP) is 1.10. The first-order valence-electron chi connectivity index (χ1n) is 5.80. The van der Waals surface area contributed by atoms with Gasteiger partial charge in [-0.15, -0.1) is 11.3 Å². The van der Waals surface area contributed by atoms with Gasteiger partial charge in [-0.3, -0.25) is 0 Å². The van der Waals surface area contributed by atoms with Gasteiger partial charge in [0.25, 0.3) is 0 Å². The molecule has 0 aliphatic rings. The van der Waals surface area contributed by atoms with Crippen LogP contribution in [0.5, 0.6) is 0 Å². The van der Waals surface area contributed by atoms with Gasteiger partial charge in [0.15, 0.2) is 0 Å². The van der Waals surface area contributed by atoms with E-state index in [0.29, 0.717) is 5.01 Å². The molecule has 2 rings (SSSR count). The number of nitrogens with one attached hydrogen (secondary N) is 1. The summed E-state index contributed by atoms with van der Waals surface area (Å²) < 4.78 is 40.1. The Balaban J connectivity index is 2.30. The van der Waals surface area contributed by atoms with Gasteiger partial charge >= 0.3 is 0 Å². The molecule has 8 heteroatoms. The number of aliphatic hydroxyl groups is 1. The number of aliphatic hydroxyl groups excluding tert-OH is 1. The summed E-state index contributed by atoms with van der Waals surface area (Å²) in [5.74, 6) is 4.14. The van der Waals surface area contributed by atoms with Crippen LogP contribution in [0.15, 0.2) is 34.7 Å². The molecule has 0 saturated heterocycles. The molecule has 0 aliphatic heterocycles. The summed E-state index contributed by atoms with van der Waals surface area (Å²) in [6.07, 6.45) is 1.57. The second-order valence-corrected chi connectivity index (χ2v) is 6.57. The van der Waals surface area contributed by atoms with E-state index in [1.807, 2.05) is 0 Å². The van der Waals surface area contributed by atoms with Crippen LogP contribution in [-0.2, 0) is 16.6 Å². The van der Waals surface area contributed by atoms with Crippen molar-refractivity contribution >= 4 is 21.4 Å². The van der Waals surface area contributed by atoms with Crippen LogP contribution < -0.4 is 4.72 Å². The number of hydrogen-bond donors (Lipinski definition) is 2. The molecule has 5 nitrogen and oxygen atoms in total. The van der Waals surface area contributed by atoms with Crippen molar-refractivity contribution < 1.29 is 17.9 Å². The summed E-state index contributed by atoms with van der Waals surface area (Å²) in [6.45, 7) is -0.396. The Morgan fingerprint density at radius 1 is 1.43 bits per heavy atom. The molecule has 0 radical (unpaired) electrons. The van der Waals surface area contributed by atoms with Crippen LogP contribution in [0, 0.1) is 17.7 Å². The first-order chi connectivity index (χ1) is 10.0. The lowest BCUT2D eigenvalue weighted by Gasteiger charge is -2.07. The van der Waals surface area contributed by atoms with Crippen LogP contribution in [0.2, 0.25) is 0 Å². The third-order valence-electron chi connectivity index (χ3n) is 2.43. The Morgan fingerprint density at radius 3 is 2.90 bits per heavy atom. The number of sulfonamides is 1. The van der Waals surface area contributed by atoms with Crippen LogP contribution in [0.25, 0.3) is 0 Å². The molecule has 21 heavy (non-hydrogen) atoms. The molecule has 0 spiro atoms. The highest BCUT2D eigenvalue weighted by molar-refractivity contribution is 7.89. The number of thiazole rings is 1. The zero-order chi connectivity index (χ0) is 15.3. The summed E-state index contributed by atoms with van der Waals surface area (Å²) in [5, 5.41) is 11.0. The maximum Gasteiger partial charge on any atom is 0.242 e. The van der Waals surface area contributed by atoms with E-state index < -0.39 is 22.4 Å². The van der Waals surface area contributed by atoms with E-state index in [1.165, 1.54) is 11.3 Å². The van der Waals surface area contributed by atoms with E-state index in [-0.39, 0.29) is 17.0 Å². The number of rotatable bonds is 4. The molecule has 1 heterocycles. The number of hydrogen-bond acceptors (Lipinski definition) is 5. The Morgan fingerprint density at radius 2 is 2.24 bits per heavy atom. The molecule has 0 bridgehead atoms. The van der Waals surface area contributed by atoms with Gasteiger partial charge in [0.2, 0.25) is 10.0 Å². The topological polar surface area (TPSA) is 79.3 Å². The number of aromatic nitrogens is 1. The largest absolute Gasteiger partial charge is 0.384 e. The van der Waals surface area contributed by atoms with Gasteiger partial charge in [0, 0.05) is 17.1 Å². The van der Waals surface area contributed by atoms with Crippen molar-refractivity contribution in [3.05, 3.63) is 46.2 Å². The SMILES string of the molecule is O=S(=O)(NCc1nccs1)c1ccc(F)cc1C#CCO. The van der Waals surface area contributed by atoms with Crippen molar-refractivity contribution in [2.24, 2.45) is 0 Å². The quantitative estimate of drug-likeness (QED) is 0.825. The van der Waals surface area contributed by atoms with E-state index in [1.54, 1.807) is 11.6 Å². The van der Waals surface area contributed by atoms with E-state index in [9.17, 15) is 12.8 Å². The average molecular weight is 326 g/mol. The van der Waals surface area contributed by atoms with Crippen molar-refractivity contribution in [3.8, 4) is 11.8 Å². The molecule has 0 aliphatic carbocycles. The Kier molecular flexibility index (Phi) is 5.03. The van der Waals surface area contributed by atoms with Gasteiger partial charge in [-0.05, 0) is 18.2 Å². The Hall–Kier alpha value is -1.79. The molecule has 0 amide bonds. The Labute approximate surface area is 125 Å². The lowest BCUT2D eigenvalue weighted by molar-refractivity contribution is 0.350. The fourth-order valence-electron chi connectivity index (χ4n) is 1.54. The highest BCUT2D eigenvalue weighted by atomic mass is 32.2. The van der Waals surface area contributed by atoms with Gasteiger partial charge < -0.3 is 5.11 Å². The average Bonchev–Trinajstić information content (AvgIpc) is 2.96. The summed E-state index contributed by atoms with van der Waals surface area (Å²) in [6, 6.07) is 3.20. The lowest BCUT2D eigenvalue weighted by Crippen LogP contribution is -2.24. The molecule has 0 atom stereocenters. The highest BCUT2D eigenvalue weighted by Gasteiger charge is 2.18. The monoisotopic (exact) mass is 326 g/mol. The molecule has 0 saturated carbocycles. The fraction of sp³-hybridized carbons (Fsp3) is 0.154. The third kappa shape index (κ3) is 4.09. The van der Waals surface area contributed by atoms with E-state index in [2.05, 4.69) is 21.5 Å². The van der Waals surface area contributed by atoms with Crippen molar-refractivity contribution in [1.29, 1.82) is 0 Å². The minimum Gasteiger partial charge on any atom is -0.384 e. The standard InChI is InChI=1S/C13H11FN2O3S2/c14-11-3-4-12(10(8-11)2-1-6-17)21(18,19)16-9-13-15-5-7-20-13/h3-5,7-8,16-17H,6,9H2. The normalized spacial score (nSPS) is 11.0. The van der Waals surface area contributed by atoms with Crippen molar-refractivity contribution in [2.45, 2.75) is 11.4 Å². The number of benzene rings is 1. The third-order valence-corrected chi connectivity index (χ3v) is 4.67. The second kappa shape index (κ2) is 6.78. The first kappa shape index (κ1) is 15.6. The minimum absolute atomic E-state index is 0.00399. The predicted molar refractivity (Wildman–Crippen MR) is 76.5 cm³/mol. The zero-order valence-electron chi connectivity index (χ0n) is 10.7. The second-order valence-electron chi connectivity index (χ2n) is 3.85.